The molecule has 2 saturated heterocycles. The SMILES string of the molecule is CC(=O)N1CCOC[C@@]2(C1)CN(c1ccccn1)C[C@H]2C. The van der Waals surface area contributed by atoms with Crippen molar-refractivity contribution in [3.63, 3.8) is 0 Å². The van der Waals surface area contributed by atoms with E-state index in [1.807, 2.05) is 29.3 Å². The Bertz CT molecular complexity index is 508. The van der Waals surface area contributed by atoms with E-state index in [1.165, 1.54) is 0 Å². The topological polar surface area (TPSA) is 45.7 Å². The molecule has 2 atom stereocenters. The van der Waals surface area contributed by atoms with Gasteiger partial charge in [0.25, 0.3) is 0 Å². The van der Waals surface area contributed by atoms with Crippen LogP contribution in [0.1, 0.15) is 13.8 Å². The molecule has 0 radical (unpaired) electrons. The fraction of sp³-hybridized carbons (Fsp3) is 0.625. The summed E-state index contributed by atoms with van der Waals surface area (Å²) in [6.45, 7) is 8.62. The van der Waals surface area contributed by atoms with Gasteiger partial charge in [-0.2, -0.15) is 0 Å². The second-order valence-electron chi connectivity index (χ2n) is 6.33. The zero-order valence-electron chi connectivity index (χ0n) is 12.8. The van der Waals surface area contributed by atoms with Crippen molar-refractivity contribution in [1.82, 2.24) is 9.88 Å². The summed E-state index contributed by atoms with van der Waals surface area (Å²) < 4.78 is 5.83. The molecule has 1 aromatic rings. The predicted octanol–water partition coefficient (Wildman–Crippen LogP) is 1.40. The standard InChI is InChI=1S/C16H23N3O2/c1-13-9-19(15-5-3-4-6-17-15)11-16(13)10-18(14(2)20)7-8-21-12-16/h3-6,13H,7-12H2,1-2H3/t13-,16-/m1/s1. The van der Waals surface area contributed by atoms with Crippen molar-refractivity contribution in [3.8, 4) is 0 Å². The Hall–Kier alpha value is -1.62. The van der Waals surface area contributed by atoms with E-state index in [1.54, 1.807) is 6.92 Å². The number of amides is 1. The molecule has 2 aliphatic heterocycles. The van der Waals surface area contributed by atoms with Gasteiger partial charge in [0.05, 0.1) is 13.2 Å². The second kappa shape index (κ2) is 5.64. The molecule has 0 bridgehead atoms. The lowest BCUT2D eigenvalue weighted by molar-refractivity contribution is -0.130. The smallest absolute Gasteiger partial charge is 0.219 e. The molecule has 2 aliphatic rings. The van der Waals surface area contributed by atoms with E-state index in [9.17, 15) is 4.79 Å². The number of aromatic nitrogens is 1. The monoisotopic (exact) mass is 289 g/mol. The lowest BCUT2D eigenvalue weighted by atomic mass is 9.79. The van der Waals surface area contributed by atoms with Crippen LogP contribution in [0.15, 0.2) is 24.4 Å². The molecule has 1 aromatic heterocycles. The summed E-state index contributed by atoms with van der Waals surface area (Å²) >= 11 is 0. The van der Waals surface area contributed by atoms with Gasteiger partial charge in [0.2, 0.25) is 5.91 Å². The van der Waals surface area contributed by atoms with Crippen molar-refractivity contribution in [2.75, 3.05) is 44.3 Å². The predicted molar refractivity (Wildman–Crippen MR) is 81.1 cm³/mol. The molecule has 0 aromatic carbocycles. The summed E-state index contributed by atoms with van der Waals surface area (Å²) in [5, 5.41) is 0. The first-order valence-electron chi connectivity index (χ1n) is 7.60. The average Bonchev–Trinajstić information content (AvgIpc) is 2.67. The fourth-order valence-corrected chi connectivity index (χ4v) is 3.46. The number of rotatable bonds is 1. The van der Waals surface area contributed by atoms with Crippen LogP contribution in [0, 0.1) is 11.3 Å². The zero-order chi connectivity index (χ0) is 14.9. The van der Waals surface area contributed by atoms with Crippen LogP contribution in [0.5, 0.6) is 0 Å². The molecule has 5 heteroatoms. The van der Waals surface area contributed by atoms with E-state index >= 15 is 0 Å². The normalized spacial score (nSPS) is 29.7. The molecule has 1 spiro atoms. The summed E-state index contributed by atoms with van der Waals surface area (Å²) in [5.74, 6) is 1.63. The van der Waals surface area contributed by atoms with Gasteiger partial charge in [-0.3, -0.25) is 4.79 Å². The highest BCUT2D eigenvalue weighted by atomic mass is 16.5. The summed E-state index contributed by atoms with van der Waals surface area (Å²) in [7, 11) is 0. The number of carbonyl (C=O) groups is 1. The third kappa shape index (κ3) is 2.75. The number of carbonyl (C=O) groups excluding carboxylic acids is 1. The van der Waals surface area contributed by atoms with Crippen LogP contribution >= 0.6 is 0 Å². The van der Waals surface area contributed by atoms with Crippen LogP contribution in [0.3, 0.4) is 0 Å². The number of anilines is 1. The van der Waals surface area contributed by atoms with Crippen LogP contribution in [0.2, 0.25) is 0 Å². The molecule has 2 fully saturated rings. The molecular formula is C16H23N3O2. The molecular weight excluding hydrogens is 266 g/mol. The van der Waals surface area contributed by atoms with E-state index in [4.69, 9.17) is 4.74 Å². The van der Waals surface area contributed by atoms with Crippen molar-refractivity contribution in [2.24, 2.45) is 11.3 Å². The Morgan fingerprint density at radius 1 is 1.43 bits per heavy atom. The first kappa shape index (κ1) is 14.3. The number of hydrogen-bond donors (Lipinski definition) is 0. The Labute approximate surface area is 125 Å². The molecule has 3 heterocycles. The van der Waals surface area contributed by atoms with Crippen molar-refractivity contribution < 1.29 is 9.53 Å². The lowest BCUT2D eigenvalue weighted by Crippen LogP contribution is -2.45. The molecule has 1 amide bonds. The maximum Gasteiger partial charge on any atom is 0.219 e. The van der Waals surface area contributed by atoms with Gasteiger partial charge in [-0.05, 0) is 18.1 Å². The summed E-state index contributed by atoms with van der Waals surface area (Å²) in [5.41, 5.74) is 0.0136. The van der Waals surface area contributed by atoms with Gasteiger partial charge in [0, 0.05) is 44.7 Å². The minimum absolute atomic E-state index is 0.0136. The Balaban J connectivity index is 1.82. The Morgan fingerprint density at radius 3 is 3.00 bits per heavy atom. The maximum atomic E-state index is 11.8. The molecule has 5 nitrogen and oxygen atoms in total. The number of pyridine rings is 1. The third-order valence-corrected chi connectivity index (χ3v) is 4.86. The lowest BCUT2D eigenvalue weighted by Gasteiger charge is -2.34. The van der Waals surface area contributed by atoms with E-state index in [2.05, 4.69) is 16.8 Å². The average molecular weight is 289 g/mol. The van der Waals surface area contributed by atoms with E-state index in [0.717, 1.165) is 32.1 Å². The van der Waals surface area contributed by atoms with Crippen molar-refractivity contribution >= 4 is 11.7 Å². The van der Waals surface area contributed by atoms with Gasteiger partial charge in [0.1, 0.15) is 5.82 Å². The van der Waals surface area contributed by atoms with E-state index < -0.39 is 0 Å². The van der Waals surface area contributed by atoms with Gasteiger partial charge in [-0.25, -0.2) is 4.98 Å². The first-order valence-corrected chi connectivity index (χ1v) is 7.60. The van der Waals surface area contributed by atoms with Crippen LogP contribution in [-0.4, -0.2) is 55.2 Å². The summed E-state index contributed by atoms with van der Waals surface area (Å²) in [6.07, 6.45) is 1.83. The molecule has 3 rings (SSSR count). The maximum absolute atomic E-state index is 11.8. The number of hydrogen-bond acceptors (Lipinski definition) is 4. The third-order valence-electron chi connectivity index (χ3n) is 4.86. The molecule has 0 aliphatic carbocycles. The molecule has 0 saturated carbocycles. The highest BCUT2D eigenvalue weighted by Crippen LogP contribution is 2.39. The van der Waals surface area contributed by atoms with Crippen molar-refractivity contribution in [1.29, 1.82) is 0 Å². The number of nitrogens with zero attached hydrogens (tertiary/aromatic N) is 3. The molecule has 0 unspecified atom stereocenters. The van der Waals surface area contributed by atoms with Gasteiger partial charge < -0.3 is 14.5 Å². The van der Waals surface area contributed by atoms with Crippen LogP contribution in [0.25, 0.3) is 0 Å². The highest BCUT2D eigenvalue weighted by Gasteiger charge is 2.47. The van der Waals surface area contributed by atoms with E-state index in [-0.39, 0.29) is 11.3 Å². The van der Waals surface area contributed by atoms with Crippen molar-refractivity contribution in [2.45, 2.75) is 13.8 Å². The highest BCUT2D eigenvalue weighted by molar-refractivity contribution is 5.73. The fourth-order valence-electron chi connectivity index (χ4n) is 3.46. The quantitative estimate of drug-likeness (QED) is 0.784. The zero-order valence-corrected chi connectivity index (χ0v) is 12.8. The van der Waals surface area contributed by atoms with E-state index in [0.29, 0.717) is 19.1 Å². The first-order chi connectivity index (χ1) is 10.1. The van der Waals surface area contributed by atoms with Gasteiger partial charge in [-0.1, -0.05) is 13.0 Å². The van der Waals surface area contributed by atoms with Crippen molar-refractivity contribution in [3.05, 3.63) is 24.4 Å². The summed E-state index contributed by atoms with van der Waals surface area (Å²) in [6, 6.07) is 6.00. The number of ether oxygens (including phenoxy) is 1. The summed E-state index contributed by atoms with van der Waals surface area (Å²) in [4.78, 5) is 20.5. The second-order valence-corrected chi connectivity index (χ2v) is 6.33. The Morgan fingerprint density at radius 2 is 2.29 bits per heavy atom. The molecule has 114 valence electrons. The minimum atomic E-state index is 0.0136. The van der Waals surface area contributed by atoms with Crippen LogP contribution in [-0.2, 0) is 9.53 Å². The molecule has 21 heavy (non-hydrogen) atoms. The van der Waals surface area contributed by atoms with Gasteiger partial charge in [0.15, 0.2) is 0 Å². The van der Waals surface area contributed by atoms with Gasteiger partial charge in [-0.15, -0.1) is 0 Å². The largest absolute Gasteiger partial charge is 0.379 e. The Kier molecular flexibility index (Phi) is 3.85. The van der Waals surface area contributed by atoms with Crippen LogP contribution < -0.4 is 4.90 Å². The van der Waals surface area contributed by atoms with Gasteiger partial charge >= 0.3 is 0 Å². The van der Waals surface area contributed by atoms with Crippen LogP contribution in [0.4, 0.5) is 5.82 Å². The molecule has 0 N–H and O–H groups in total. The minimum Gasteiger partial charge on any atom is -0.379 e.